The Balaban J connectivity index is 1.52. The van der Waals surface area contributed by atoms with Crippen molar-refractivity contribution in [3.63, 3.8) is 0 Å². The molecule has 2 unspecified atom stereocenters. The number of hydrogen-bond acceptors (Lipinski definition) is 3. The molecule has 4 fully saturated rings. The molecule has 0 aromatic rings. The zero-order valence-electron chi connectivity index (χ0n) is 17.9. The lowest BCUT2D eigenvalue weighted by Crippen LogP contribution is -2.54. The molecular weight excluding hydrogens is 336 g/mol. The van der Waals surface area contributed by atoms with Crippen LogP contribution in [-0.4, -0.2) is 23.8 Å². The van der Waals surface area contributed by atoms with Gasteiger partial charge in [-0.1, -0.05) is 20.8 Å². The minimum atomic E-state index is -0.110. The first-order chi connectivity index (χ1) is 12.8. The van der Waals surface area contributed by atoms with E-state index in [2.05, 4.69) is 20.8 Å². The summed E-state index contributed by atoms with van der Waals surface area (Å²) in [6.45, 7) is 9.29. The molecule has 0 aliphatic heterocycles. The van der Waals surface area contributed by atoms with Crippen LogP contribution >= 0.6 is 0 Å². The van der Waals surface area contributed by atoms with Crippen molar-refractivity contribution in [2.24, 2.45) is 46.3 Å². The van der Waals surface area contributed by atoms with Gasteiger partial charge in [-0.05, 0) is 104 Å². The minimum Gasteiger partial charge on any atom is -0.463 e. The molecule has 3 heteroatoms. The molecule has 0 saturated heterocycles. The lowest BCUT2D eigenvalue weighted by molar-refractivity contribution is -0.160. The van der Waals surface area contributed by atoms with Gasteiger partial charge in [0.05, 0.1) is 0 Å². The van der Waals surface area contributed by atoms with Gasteiger partial charge < -0.3 is 9.84 Å². The van der Waals surface area contributed by atoms with Crippen LogP contribution in [0.4, 0.5) is 0 Å². The van der Waals surface area contributed by atoms with Crippen LogP contribution in [0.1, 0.15) is 85.5 Å². The fraction of sp³-hybridized carbons (Fsp3) is 0.958. The highest BCUT2D eigenvalue weighted by Crippen LogP contribution is 2.68. The first-order valence-electron chi connectivity index (χ1n) is 11.6. The molecule has 3 nitrogen and oxygen atoms in total. The Labute approximate surface area is 165 Å². The van der Waals surface area contributed by atoms with Crippen molar-refractivity contribution in [2.75, 3.05) is 6.61 Å². The number of aliphatic hydroxyl groups is 1. The summed E-state index contributed by atoms with van der Waals surface area (Å²) in [6, 6.07) is 0. The molecule has 154 valence electrons. The van der Waals surface area contributed by atoms with Gasteiger partial charge in [0, 0.05) is 13.5 Å². The fourth-order valence-electron chi connectivity index (χ4n) is 8.66. The molecule has 0 aromatic heterocycles. The lowest BCUT2D eigenvalue weighted by atomic mass is 9.44. The first-order valence-corrected chi connectivity index (χ1v) is 11.6. The zero-order chi connectivity index (χ0) is 19.4. The van der Waals surface area contributed by atoms with Gasteiger partial charge in [-0.2, -0.15) is 0 Å². The maximum Gasteiger partial charge on any atom is 0.302 e. The van der Waals surface area contributed by atoms with Crippen molar-refractivity contribution in [3.05, 3.63) is 0 Å². The molecule has 4 aliphatic rings. The van der Waals surface area contributed by atoms with Crippen LogP contribution in [0.2, 0.25) is 0 Å². The van der Waals surface area contributed by atoms with E-state index in [0.29, 0.717) is 29.3 Å². The van der Waals surface area contributed by atoms with E-state index >= 15 is 0 Å². The van der Waals surface area contributed by atoms with E-state index in [4.69, 9.17) is 4.74 Å². The normalized spacial score (nSPS) is 50.3. The summed E-state index contributed by atoms with van der Waals surface area (Å²) < 4.78 is 5.60. The molecule has 4 rings (SSSR count). The second kappa shape index (κ2) is 7.04. The summed E-state index contributed by atoms with van der Waals surface area (Å²) in [7, 11) is 0. The monoisotopic (exact) mass is 376 g/mol. The van der Waals surface area contributed by atoms with E-state index in [1.807, 2.05) is 0 Å². The van der Waals surface area contributed by atoms with Gasteiger partial charge in [-0.3, -0.25) is 4.79 Å². The predicted molar refractivity (Wildman–Crippen MR) is 107 cm³/mol. The largest absolute Gasteiger partial charge is 0.463 e. The quantitative estimate of drug-likeness (QED) is 0.688. The molecule has 0 heterocycles. The highest BCUT2D eigenvalue weighted by Gasteiger charge is 2.60. The van der Waals surface area contributed by atoms with Gasteiger partial charge in [-0.15, -0.1) is 0 Å². The van der Waals surface area contributed by atoms with Crippen molar-refractivity contribution in [3.8, 4) is 0 Å². The van der Waals surface area contributed by atoms with Crippen molar-refractivity contribution >= 4 is 5.97 Å². The summed E-state index contributed by atoms with van der Waals surface area (Å²) in [6.07, 6.45) is 11.7. The predicted octanol–water partition coefficient (Wildman–Crippen LogP) is 5.21. The molecule has 4 aliphatic carbocycles. The van der Waals surface area contributed by atoms with Gasteiger partial charge >= 0.3 is 5.97 Å². The second-order valence-electron chi connectivity index (χ2n) is 11.1. The molecule has 0 aromatic carbocycles. The number of carbonyl (C=O) groups is 1. The van der Waals surface area contributed by atoms with Crippen LogP contribution in [0.5, 0.6) is 0 Å². The Morgan fingerprint density at radius 3 is 2.44 bits per heavy atom. The number of carbonyl (C=O) groups excluding carboxylic acids is 1. The fourth-order valence-corrected chi connectivity index (χ4v) is 8.66. The molecule has 0 amide bonds. The maximum absolute atomic E-state index is 11.4. The van der Waals surface area contributed by atoms with Crippen LogP contribution in [-0.2, 0) is 9.53 Å². The number of ether oxygens (including phenoxy) is 1. The molecule has 0 bridgehead atoms. The van der Waals surface area contributed by atoms with Crippen LogP contribution < -0.4 is 0 Å². The standard InChI is InChI=1S/C24H40O3/c1-15(14-25)20-7-8-21-19-6-5-17-13-18(27-16(2)26)9-11-23(17,3)22(19)10-12-24(20,21)4/h15,17-22,25H,5-14H2,1-4H3/t15-,17-,18+,19+,20-,21?,22?,23+,24-/m1/s1. The summed E-state index contributed by atoms with van der Waals surface area (Å²) in [4.78, 5) is 11.4. The topological polar surface area (TPSA) is 46.5 Å². The summed E-state index contributed by atoms with van der Waals surface area (Å²) in [5.74, 6) is 4.37. The Hall–Kier alpha value is -0.570. The molecule has 0 spiro atoms. The third kappa shape index (κ3) is 3.07. The third-order valence-electron chi connectivity index (χ3n) is 10.00. The Kier molecular flexibility index (Phi) is 5.15. The second-order valence-corrected chi connectivity index (χ2v) is 11.1. The molecular formula is C24H40O3. The molecule has 1 N–H and O–H groups in total. The third-order valence-corrected chi connectivity index (χ3v) is 10.00. The smallest absolute Gasteiger partial charge is 0.302 e. The van der Waals surface area contributed by atoms with Crippen molar-refractivity contribution in [2.45, 2.75) is 91.6 Å². The number of hydrogen-bond donors (Lipinski definition) is 1. The summed E-state index contributed by atoms with van der Waals surface area (Å²) in [5.41, 5.74) is 0.892. The van der Waals surface area contributed by atoms with E-state index in [0.717, 1.165) is 36.5 Å². The number of esters is 1. The van der Waals surface area contributed by atoms with Crippen molar-refractivity contribution in [1.29, 1.82) is 0 Å². The van der Waals surface area contributed by atoms with Gasteiger partial charge in [0.1, 0.15) is 6.10 Å². The zero-order valence-corrected chi connectivity index (χ0v) is 17.9. The average molecular weight is 377 g/mol. The van der Waals surface area contributed by atoms with Gasteiger partial charge in [-0.25, -0.2) is 0 Å². The number of rotatable bonds is 3. The van der Waals surface area contributed by atoms with Gasteiger partial charge in [0.25, 0.3) is 0 Å². The van der Waals surface area contributed by atoms with E-state index in [9.17, 15) is 9.90 Å². The minimum absolute atomic E-state index is 0.110. The summed E-state index contributed by atoms with van der Waals surface area (Å²) in [5, 5.41) is 9.78. The van der Waals surface area contributed by atoms with Crippen LogP contribution in [0.15, 0.2) is 0 Å². The van der Waals surface area contributed by atoms with Crippen molar-refractivity contribution in [1.82, 2.24) is 0 Å². The number of fused-ring (bicyclic) bond motifs is 5. The Bertz CT molecular complexity index is 574. The Morgan fingerprint density at radius 1 is 1.04 bits per heavy atom. The first kappa shape index (κ1) is 19.7. The average Bonchev–Trinajstić information content (AvgIpc) is 2.98. The van der Waals surface area contributed by atoms with E-state index in [1.54, 1.807) is 6.92 Å². The maximum atomic E-state index is 11.4. The molecule has 0 radical (unpaired) electrons. The van der Waals surface area contributed by atoms with Gasteiger partial charge in [0.2, 0.25) is 0 Å². The molecule has 27 heavy (non-hydrogen) atoms. The lowest BCUT2D eigenvalue weighted by Gasteiger charge is -2.61. The highest BCUT2D eigenvalue weighted by atomic mass is 16.5. The number of aliphatic hydroxyl groups excluding tert-OH is 1. The highest BCUT2D eigenvalue weighted by molar-refractivity contribution is 5.66. The molecule has 4 saturated carbocycles. The van der Waals surface area contributed by atoms with E-state index < -0.39 is 0 Å². The summed E-state index contributed by atoms with van der Waals surface area (Å²) >= 11 is 0. The van der Waals surface area contributed by atoms with Crippen LogP contribution in [0.25, 0.3) is 0 Å². The van der Waals surface area contributed by atoms with E-state index in [-0.39, 0.29) is 12.1 Å². The van der Waals surface area contributed by atoms with Crippen LogP contribution in [0.3, 0.4) is 0 Å². The Morgan fingerprint density at radius 2 is 1.74 bits per heavy atom. The van der Waals surface area contributed by atoms with Crippen LogP contribution in [0, 0.1) is 46.3 Å². The van der Waals surface area contributed by atoms with Crippen molar-refractivity contribution < 1.29 is 14.6 Å². The van der Waals surface area contributed by atoms with Gasteiger partial charge in [0.15, 0.2) is 0 Å². The SMILES string of the molecule is CC(=O)O[C@H]1CC[C@]2(C)C3CC[C@@]4(C)C(CC[C@@H]4[C@H](C)CO)[C@@H]3CC[C@@H]2C1. The molecule has 9 atom stereocenters. The van der Waals surface area contributed by atoms with E-state index in [1.165, 1.54) is 44.9 Å².